The van der Waals surface area contributed by atoms with Gasteiger partial charge in [0.1, 0.15) is 0 Å². The number of nitrogens with two attached hydrogens (primary N) is 1. The summed E-state index contributed by atoms with van der Waals surface area (Å²) in [4.78, 5) is 14.7. The third-order valence-electron chi connectivity index (χ3n) is 4.92. The number of halogens is 1. The van der Waals surface area contributed by atoms with Crippen LogP contribution in [0, 0.1) is 11.8 Å². The molecule has 1 aromatic rings. The van der Waals surface area contributed by atoms with Gasteiger partial charge in [-0.2, -0.15) is 0 Å². The average Bonchev–Trinajstić information content (AvgIpc) is 3.28. The molecule has 1 aliphatic heterocycles. The normalized spacial score (nSPS) is 30.0. The number of rotatable bonds is 3. The maximum Gasteiger partial charge on any atom is 0.226 e. The fraction of sp³-hybridized carbons (Fsp3) is 0.588. The van der Waals surface area contributed by atoms with Gasteiger partial charge in [-0.05, 0) is 55.7 Å². The molecule has 0 aromatic heterocycles. The standard InChI is InChI=1S/C17H23BrN2O/c1-11(19)13-3-2-8-20(10-13)17(21)16-9-15(16)12-4-6-14(18)7-5-12/h4-7,11,13,15-16H,2-3,8-10,19H2,1H3. The van der Waals surface area contributed by atoms with Crippen LogP contribution >= 0.6 is 15.9 Å². The maximum atomic E-state index is 12.7. The Morgan fingerprint density at radius 3 is 2.76 bits per heavy atom. The second-order valence-corrected chi connectivity index (χ2v) is 7.46. The van der Waals surface area contributed by atoms with E-state index in [4.69, 9.17) is 5.73 Å². The van der Waals surface area contributed by atoms with E-state index < -0.39 is 0 Å². The van der Waals surface area contributed by atoms with Crippen molar-refractivity contribution in [2.45, 2.75) is 38.1 Å². The summed E-state index contributed by atoms with van der Waals surface area (Å²) in [6.45, 7) is 3.81. The summed E-state index contributed by atoms with van der Waals surface area (Å²) in [5.74, 6) is 1.42. The van der Waals surface area contributed by atoms with E-state index in [2.05, 4.69) is 52.0 Å². The molecule has 4 heteroatoms. The summed E-state index contributed by atoms with van der Waals surface area (Å²) in [5, 5.41) is 0. The predicted molar refractivity (Wildman–Crippen MR) is 87.9 cm³/mol. The van der Waals surface area contributed by atoms with Crippen LogP contribution in [0.4, 0.5) is 0 Å². The molecule has 114 valence electrons. The summed E-state index contributed by atoms with van der Waals surface area (Å²) in [6, 6.07) is 8.55. The zero-order valence-electron chi connectivity index (χ0n) is 12.5. The Balaban J connectivity index is 1.61. The Hall–Kier alpha value is -0.870. The number of hydrogen-bond acceptors (Lipinski definition) is 2. The number of piperidine rings is 1. The molecule has 2 fully saturated rings. The van der Waals surface area contributed by atoms with Crippen molar-refractivity contribution in [3.05, 3.63) is 34.3 Å². The van der Waals surface area contributed by atoms with E-state index in [9.17, 15) is 4.79 Å². The molecule has 21 heavy (non-hydrogen) atoms. The first-order chi connectivity index (χ1) is 10.1. The molecule has 0 bridgehead atoms. The molecule has 3 rings (SSSR count). The lowest BCUT2D eigenvalue weighted by Gasteiger charge is -2.34. The number of carbonyl (C=O) groups excluding carboxylic acids is 1. The topological polar surface area (TPSA) is 46.3 Å². The number of nitrogens with zero attached hydrogens (tertiary/aromatic N) is 1. The highest BCUT2D eigenvalue weighted by molar-refractivity contribution is 9.10. The van der Waals surface area contributed by atoms with E-state index in [-0.39, 0.29) is 12.0 Å². The Bertz CT molecular complexity index is 514. The van der Waals surface area contributed by atoms with Crippen molar-refractivity contribution in [3.8, 4) is 0 Å². The Labute approximate surface area is 135 Å². The van der Waals surface area contributed by atoms with Crippen molar-refractivity contribution < 1.29 is 4.79 Å². The highest BCUT2D eigenvalue weighted by atomic mass is 79.9. The molecule has 1 aliphatic carbocycles. The van der Waals surface area contributed by atoms with Crippen molar-refractivity contribution in [2.24, 2.45) is 17.6 Å². The molecular weight excluding hydrogens is 328 g/mol. The van der Waals surface area contributed by atoms with E-state index in [0.717, 1.165) is 36.8 Å². The fourth-order valence-corrected chi connectivity index (χ4v) is 3.68. The summed E-state index contributed by atoms with van der Waals surface area (Å²) in [7, 11) is 0. The summed E-state index contributed by atoms with van der Waals surface area (Å²) in [6.07, 6.45) is 3.25. The average molecular weight is 351 g/mol. The highest BCUT2D eigenvalue weighted by Crippen LogP contribution is 2.49. The molecule has 4 atom stereocenters. The minimum Gasteiger partial charge on any atom is -0.342 e. The number of amides is 1. The smallest absolute Gasteiger partial charge is 0.226 e. The van der Waals surface area contributed by atoms with Gasteiger partial charge in [-0.1, -0.05) is 28.1 Å². The number of hydrogen-bond donors (Lipinski definition) is 1. The van der Waals surface area contributed by atoms with Crippen LogP contribution < -0.4 is 5.73 Å². The van der Waals surface area contributed by atoms with E-state index in [0.29, 0.717) is 17.7 Å². The summed E-state index contributed by atoms with van der Waals surface area (Å²) in [5.41, 5.74) is 7.30. The van der Waals surface area contributed by atoms with Gasteiger partial charge in [0.05, 0.1) is 0 Å². The van der Waals surface area contributed by atoms with Crippen LogP contribution in [0.25, 0.3) is 0 Å². The van der Waals surface area contributed by atoms with E-state index in [1.807, 2.05) is 0 Å². The third-order valence-corrected chi connectivity index (χ3v) is 5.45. The largest absolute Gasteiger partial charge is 0.342 e. The number of benzene rings is 1. The predicted octanol–water partition coefficient (Wildman–Crippen LogP) is 3.14. The van der Waals surface area contributed by atoms with E-state index in [1.165, 1.54) is 5.56 Å². The van der Waals surface area contributed by atoms with E-state index in [1.54, 1.807) is 0 Å². The first-order valence-electron chi connectivity index (χ1n) is 7.86. The molecule has 2 aliphatic rings. The SMILES string of the molecule is CC(N)C1CCCN(C(=O)C2CC2c2ccc(Br)cc2)C1. The number of carbonyl (C=O) groups is 1. The molecule has 2 N–H and O–H groups in total. The zero-order chi connectivity index (χ0) is 15.0. The molecule has 3 nitrogen and oxygen atoms in total. The fourth-order valence-electron chi connectivity index (χ4n) is 3.42. The van der Waals surface area contributed by atoms with Crippen LogP contribution in [0.5, 0.6) is 0 Å². The van der Waals surface area contributed by atoms with E-state index >= 15 is 0 Å². The second kappa shape index (κ2) is 6.09. The van der Waals surface area contributed by atoms with Gasteiger partial charge in [0.25, 0.3) is 0 Å². The minimum atomic E-state index is 0.182. The summed E-state index contributed by atoms with van der Waals surface area (Å²) >= 11 is 3.45. The molecular formula is C17H23BrN2O. The highest BCUT2D eigenvalue weighted by Gasteiger charge is 2.46. The molecule has 0 spiro atoms. The van der Waals surface area contributed by atoms with Crippen LogP contribution in [0.2, 0.25) is 0 Å². The quantitative estimate of drug-likeness (QED) is 0.909. The van der Waals surface area contributed by atoms with Gasteiger partial charge in [-0.25, -0.2) is 0 Å². The van der Waals surface area contributed by atoms with Gasteiger partial charge in [-0.15, -0.1) is 0 Å². The van der Waals surface area contributed by atoms with Gasteiger partial charge in [0.15, 0.2) is 0 Å². The first kappa shape index (κ1) is 15.0. The molecule has 0 radical (unpaired) electrons. The van der Waals surface area contributed by atoms with Gasteiger partial charge in [-0.3, -0.25) is 4.79 Å². The Kier molecular flexibility index (Phi) is 4.36. The van der Waals surface area contributed by atoms with Crippen molar-refractivity contribution in [2.75, 3.05) is 13.1 Å². The van der Waals surface area contributed by atoms with Crippen molar-refractivity contribution in [1.82, 2.24) is 4.90 Å². The minimum absolute atomic E-state index is 0.182. The number of likely N-dealkylation sites (tertiary alicyclic amines) is 1. The van der Waals surface area contributed by atoms with Gasteiger partial charge >= 0.3 is 0 Å². The first-order valence-corrected chi connectivity index (χ1v) is 8.65. The monoisotopic (exact) mass is 350 g/mol. The van der Waals surface area contributed by atoms with Gasteiger partial charge in [0.2, 0.25) is 5.91 Å². The molecule has 4 unspecified atom stereocenters. The molecule has 1 aromatic carbocycles. The second-order valence-electron chi connectivity index (χ2n) is 6.55. The van der Waals surface area contributed by atoms with Crippen molar-refractivity contribution in [1.29, 1.82) is 0 Å². The molecule has 1 heterocycles. The Morgan fingerprint density at radius 1 is 1.38 bits per heavy atom. The maximum absolute atomic E-state index is 12.7. The molecule has 1 saturated heterocycles. The van der Waals surface area contributed by atoms with Crippen LogP contribution in [0.15, 0.2) is 28.7 Å². The van der Waals surface area contributed by atoms with Crippen LogP contribution in [-0.2, 0) is 4.79 Å². The zero-order valence-corrected chi connectivity index (χ0v) is 14.1. The lowest BCUT2D eigenvalue weighted by Crippen LogP contribution is -2.45. The lowest BCUT2D eigenvalue weighted by molar-refractivity contribution is -0.134. The Morgan fingerprint density at radius 2 is 2.10 bits per heavy atom. The summed E-state index contributed by atoms with van der Waals surface area (Å²) < 4.78 is 1.09. The van der Waals surface area contributed by atoms with Crippen LogP contribution in [0.1, 0.15) is 37.7 Å². The van der Waals surface area contributed by atoms with Crippen molar-refractivity contribution >= 4 is 21.8 Å². The lowest BCUT2D eigenvalue weighted by atomic mass is 9.92. The van der Waals surface area contributed by atoms with Gasteiger partial charge < -0.3 is 10.6 Å². The molecule has 1 saturated carbocycles. The third kappa shape index (κ3) is 3.32. The molecule has 1 amide bonds. The van der Waals surface area contributed by atoms with Gasteiger partial charge in [0, 0.05) is 29.5 Å². The van der Waals surface area contributed by atoms with Crippen LogP contribution in [0.3, 0.4) is 0 Å². The van der Waals surface area contributed by atoms with Crippen LogP contribution in [-0.4, -0.2) is 29.9 Å². The van der Waals surface area contributed by atoms with Crippen molar-refractivity contribution in [3.63, 3.8) is 0 Å².